The van der Waals surface area contributed by atoms with E-state index in [0.717, 1.165) is 31.2 Å². The molecule has 0 unspecified atom stereocenters. The van der Waals surface area contributed by atoms with Crippen molar-refractivity contribution >= 4 is 29.0 Å². The van der Waals surface area contributed by atoms with Crippen molar-refractivity contribution in [1.29, 1.82) is 0 Å². The number of hydrogen-bond acceptors (Lipinski definition) is 8. The molecule has 33 heavy (non-hydrogen) atoms. The van der Waals surface area contributed by atoms with Crippen LogP contribution in [0.4, 0.5) is 17.3 Å². The zero-order chi connectivity index (χ0) is 22.9. The van der Waals surface area contributed by atoms with Crippen molar-refractivity contribution in [3.05, 3.63) is 36.3 Å². The Hall–Kier alpha value is -3.82. The van der Waals surface area contributed by atoms with Crippen LogP contribution in [0.5, 0.6) is 5.75 Å². The van der Waals surface area contributed by atoms with E-state index in [2.05, 4.69) is 30.8 Å². The Morgan fingerprint density at radius 3 is 2.70 bits per heavy atom. The molecular formula is C23H25N7O3. The van der Waals surface area contributed by atoms with Gasteiger partial charge in [0.2, 0.25) is 5.91 Å². The second-order valence-corrected chi connectivity index (χ2v) is 8.30. The number of ether oxygens (including phenoxy) is 1. The largest absolute Gasteiger partial charge is 0.492 e. The van der Waals surface area contributed by atoms with Gasteiger partial charge in [-0.05, 0) is 31.7 Å². The summed E-state index contributed by atoms with van der Waals surface area (Å²) in [6, 6.07) is 3.84. The van der Waals surface area contributed by atoms with Gasteiger partial charge in [0.15, 0.2) is 17.4 Å². The van der Waals surface area contributed by atoms with Gasteiger partial charge in [0.05, 0.1) is 36.2 Å². The first-order valence-electron chi connectivity index (χ1n) is 11.1. The quantitative estimate of drug-likeness (QED) is 0.475. The number of Topliss-reactive ketones (excluding diaryl/α,β-unsaturated/α-hetero) is 1. The number of anilines is 3. The molecule has 1 amide bonds. The highest BCUT2D eigenvalue weighted by molar-refractivity contribution is 6.02. The van der Waals surface area contributed by atoms with Gasteiger partial charge in [-0.25, -0.2) is 9.97 Å². The number of nitrogens with one attached hydrogen (secondary N) is 2. The molecule has 0 saturated heterocycles. The van der Waals surface area contributed by atoms with Gasteiger partial charge in [-0.3, -0.25) is 9.59 Å². The third-order valence-electron chi connectivity index (χ3n) is 5.74. The van der Waals surface area contributed by atoms with Crippen LogP contribution >= 0.6 is 0 Å². The van der Waals surface area contributed by atoms with Crippen LogP contribution in [0.25, 0.3) is 11.3 Å². The lowest BCUT2D eigenvalue weighted by molar-refractivity contribution is -0.117. The number of nitrogens with zero attached hydrogens (tertiary/aromatic N) is 5. The monoisotopic (exact) mass is 447 g/mol. The summed E-state index contributed by atoms with van der Waals surface area (Å²) in [5.41, 5.74) is 2.33. The van der Waals surface area contributed by atoms with Crippen molar-refractivity contribution in [2.24, 2.45) is 5.92 Å². The van der Waals surface area contributed by atoms with E-state index in [1.165, 1.54) is 6.20 Å². The Morgan fingerprint density at radius 2 is 2.00 bits per heavy atom. The van der Waals surface area contributed by atoms with Crippen molar-refractivity contribution in [2.75, 3.05) is 17.7 Å². The predicted molar refractivity (Wildman–Crippen MR) is 122 cm³/mol. The smallest absolute Gasteiger partial charge is 0.228 e. The van der Waals surface area contributed by atoms with Crippen LogP contribution in [0, 0.1) is 5.92 Å². The number of ketones is 1. The van der Waals surface area contributed by atoms with Crippen molar-refractivity contribution in [1.82, 2.24) is 25.0 Å². The van der Waals surface area contributed by atoms with Gasteiger partial charge in [-0.2, -0.15) is 15.0 Å². The molecule has 10 nitrogen and oxygen atoms in total. The number of hydrogen-bond donors (Lipinski definition) is 2. The van der Waals surface area contributed by atoms with E-state index < -0.39 is 0 Å². The minimum Gasteiger partial charge on any atom is -0.492 e. The minimum absolute atomic E-state index is 0.0441. The van der Waals surface area contributed by atoms with Gasteiger partial charge in [-0.15, -0.1) is 0 Å². The first-order valence-corrected chi connectivity index (χ1v) is 11.1. The van der Waals surface area contributed by atoms with E-state index in [9.17, 15) is 9.59 Å². The minimum atomic E-state index is -0.0763. The highest BCUT2D eigenvalue weighted by Crippen LogP contribution is 2.38. The summed E-state index contributed by atoms with van der Waals surface area (Å²) in [4.78, 5) is 35.2. The Bertz CT molecular complexity index is 1210. The maximum absolute atomic E-state index is 12.6. The van der Waals surface area contributed by atoms with E-state index in [-0.39, 0.29) is 17.6 Å². The Balaban J connectivity index is 1.49. The highest BCUT2D eigenvalue weighted by atomic mass is 16.5. The lowest BCUT2D eigenvalue weighted by atomic mass is 10.1. The number of carbonyl (C=O) groups excluding carboxylic acids is 2. The molecule has 0 aromatic carbocycles. The lowest BCUT2D eigenvalue weighted by Crippen LogP contribution is -2.15. The molecule has 0 spiro atoms. The fraction of sp³-hybridized carbons (Fsp3) is 0.391. The van der Waals surface area contributed by atoms with Crippen molar-refractivity contribution in [3.63, 3.8) is 0 Å². The third kappa shape index (κ3) is 4.41. The second-order valence-electron chi connectivity index (χ2n) is 8.30. The van der Waals surface area contributed by atoms with Gasteiger partial charge < -0.3 is 15.4 Å². The molecule has 2 fully saturated rings. The number of carbonyl (C=O) groups is 2. The Kier molecular flexibility index (Phi) is 5.49. The molecule has 10 heteroatoms. The molecule has 2 aliphatic rings. The molecule has 2 N–H and O–H groups in total. The summed E-state index contributed by atoms with van der Waals surface area (Å²) in [6.45, 7) is 1.79. The van der Waals surface area contributed by atoms with Gasteiger partial charge in [0.25, 0.3) is 0 Å². The number of rotatable bonds is 9. The lowest BCUT2D eigenvalue weighted by Gasteiger charge is -2.16. The van der Waals surface area contributed by atoms with E-state index in [1.54, 1.807) is 37.3 Å². The molecule has 0 radical (unpaired) electrons. The van der Waals surface area contributed by atoms with Crippen LogP contribution in [0.2, 0.25) is 0 Å². The zero-order valence-corrected chi connectivity index (χ0v) is 18.5. The van der Waals surface area contributed by atoms with Gasteiger partial charge in [0.1, 0.15) is 11.5 Å². The molecule has 3 aromatic rings. The standard InChI is InChI=1S/C23H25N7O3/c1-3-19(31)16-11-25-20(28-23(32)13-4-5-13)10-17(16)27-22-21(33-2)15(8-9-24-22)18-12-26-30(29-18)14-6-7-14/h8-14H,3-7H2,1-2H3,(H2,24,25,27,28,32). The predicted octanol–water partition coefficient (Wildman–Crippen LogP) is 3.76. The molecule has 0 bridgehead atoms. The molecule has 170 valence electrons. The first kappa shape index (κ1) is 21.0. The van der Waals surface area contributed by atoms with Gasteiger partial charge in [0, 0.05) is 30.8 Å². The third-order valence-corrected chi connectivity index (χ3v) is 5.74. The molecule has 2 aliphatic carbocycles. The van der Waals surface area contributed by atoms with Crippen LogP contribution in [0.15, 0.2) is 30.7 Å². The normalized spacial score (nSPS) is 15.2. The fourth-order valence-corrected chi connectivity index (χ4v) is 3.57. The van der Waals surface area contributed by atoms with Crippen molar-refractivity contribution in [2.45, 2.75) is 45.1 Å². The van der Waals surface area contributed by atoms with Crippen LogP contribution < -0.4 is 15.4 Å². The molecule has 0 aliphatic heterocycles. The highest BCUT2D eigenvalue weighted by Gasteiger charge is 2.30. The summed E-state index contributed by atoms with van der Waals surface area (Å²) >= 11 is 0. The van der Waals surface area contributed by atoms with E-state index in [1.807, 2.05) is 6.07 Å². The summed E-state index contributed by atoms with van der Waals surface area (Å²) in [5.74, 6) is 1.20. The molecular weight excluding hydrogens is 422 g/mol. The topological polar surface area (TPSA) is 124 Å². The number of aromatic nitrogens is 5. The SMILES string of the molecule is CCC(=O)c1cnc(NC(=O)C2CC2)cc1Nc1nccc(-c2cnn(C3CC3)n2)c1OC. The fourth-order valence-electron chi connectivity index (χ4n) is 3.57. The first-order chi connectivity index (χ1) is 16.1. The maximum atomic E-state index is 12.6. The van der Waals surface area contributed by atoms with E-state index in [4.69, 9.17) is 4.74 Å². The maximum Gasteiger partial charge on any atom is 0.228 e. The number of methoxy groups -OCH3 is 1. The van der Waals surface area contributed by atoms with Crippen LogP contribution in [-0.4, -0.2) is 43.8 Å². The van der Waals surface area contributed by atoms with Gasteiger partial charge in [-0.1, -0.05) is 6.92 Å². The van der Waals surface area contributed by atoms with E-state index >= 15 is 0 Å². The Labute approximate surface area is 190 Å². The van der Waals surface area contributed by atoms with Crippen LogP contribution in [0.1, 0.15) is 55.4 Å². The summed E-state index contributed by atoms with van der Waals surface area (Å²) in [5, 5.41) is 15.0. The molecule has 5 rings (SSSR count). The van der Waals surface area contributed by atoms with Crippen molar-refractivity contribution < 1.29 is 14.3 Å². The average Bonchev–Trinajstić information content (AvgIpc) is 3.77. The second kappa shape index (κ2) is 8.61. The molecule has 2 saturated carbocycles. The zero-order valence-electron chi connectivity index (χ0n) is 18.5. The Morgan fingerprint density at radius 1 is 1.18 bits per heavy atom. The molecule has 3 aromatic heterocycles. The van der Waals surface area contributed by atoms with E-state index in [0.29, 0.717) is 46.8 Å². The summed E-state index contributed by atoms with van der Waals surface area (Å²) in [6.07, 6.45) is 9.12. The van der Waals surface area contributed by atoms with Crippen molar-refractivity contribution in [3.8, 4) is 17.0 Å². The number of amides is 1. The van der Waals surface area contributed by atoms with Crippen LogP contribution in [-0.2, 0) is 4.79 Å². The summed E-state index contributed by atoms with van der Waals surface area (Å²) < 4.78 is 5.68. The molecule has 3 heterocycles. The molecule has 0 atom stereocenters. The van der Waals surface area contributed by atoms with Crippen LogP contribution in [0.3, 0.4) is 0 Å². The number of pyridine rings is 2. The van der Waals surface area contributed by atoms with Gasteiger partial charge >= 0.3 is 0 Å². The average molecular weight is 447 g/mol. The summed E-state index contributed by atoms with van der Waals surface area (Å²) in [7, 11) is 1.56.